The Morgan fingerprint density at radius 1 is 1.02 bits per heavy atom. The zero-order valence-electron chi connectivity index (χ0n) is 23.8. The minimum Gasteiger partial charge on any atom is -0.359 e. The van der Waals surface area contributed by atoms with E-state index in [1.54, 1.807) is 17.4 Å². The van der Waals surface area contributed by atoms with Crippen molar-refractivity contribution < 1.29 is 9.32 Å². The van der Waals surface area contributed by atoms with Crippen molar-refractivity contribution in [3.8, 4) is 11.3 Å². The molecule has 0 saturated carbocycles. The number of anilines is 2. The number of likely N-dealkylation sites (tertiary alicyclic amines) is 1. The molecule has 0 unspecified atom stereocenters. The Kier molecular flexibility index (Phi) is 8.68. The second-order valence-corrected chi connectivity index (χ2v) is 12.7. The van der Waals surface area contributed by atoms with Gasteiger partial charge in [0.2, 0.25) is 0 Å². The van der Waals surface area contributed by atoms with E-state index in [2.05, 4.69) is 49.5 Å². The Hall–Kier alpha value is -3.40. The number of hydrogen-bond acceptors (Lipinski definition) is 6. The van der Waals surface area contributed by atoms with Crippen LogP contribution >= 0.6 is 23.7 Å². The molecule has 8 nitrogen and oxygen atoms in total. The molecule has 2 aromatic carbocycles. The normalized spacial score (nSPS) is 14.3. The molecule has 0 spiro atoms. The molecule has 2 N–H and O–H groups in total. The number of benzene rings is 2. The van der Waals surface area contributed by atoms with Crippen LogP contribution in [0.3, 0.4) is 0 Å². The Labute approximate surface area is 250 Å². The average molecular weight is 593 g/mol. The van der Waals surface area contributed by atoms with E-state index in [4.69, 9.17) is 9.51 Å². The summed E-state index contributed by atoms with van der Waals surface area (Å²) in [4.78, 5) is 21.0. The number of nitrogens with zero attached hydrogens (tertiary/aromatic N) is 4. The molecule has 216 valence electrons. The van der Waals surface area contributed by atoms with Crippen LogP contribution in [-0.2, 0) is 11.8 Å². The quantitative estimate of drug-likeness (QED) is 0.200. The summed E-state index contributed by atoms with van der Waals surface area (Å²) in [6, 6.07) is 15.9. The SMILES string of the molecule is CC(C)(C)c1cc(NC(=O)Nc2ccc(-c3cn4c(n3)sc3ccc(CCCN5CCCCC5)cc34)cc2)no1.Cl. The molecular formula is C31H37ClN6O2S. The minimum absolute atomic E-state index is 0. The second-order valence-electron chi connectivity index (χ2n) is 11.7. The highest BCUT2D eigenvalue weighted by molar-refractivity contribution is 7.23. The van der Waals surface area contributed by atoms with Crippen LogP contribution in [0.5, 0.6) is 0 Å². The van der Waals surface area contributed by atoms with Gasteiger partial charge >= 0.3 is 6.03 Å². The number of imidazole rings is 1. The van der Waals surface area contributed by atoms with Crippen LogP contribution in [0.2, 0.25) is 0 Å². The summed E-state index contributed by atoms with van der Waals surface area (Å²) in [6.07, 6.45) is 8.48. The van der Waals surface area contributed by atoms with E-state index in [0.29, 0.717) is 17.3 Å². The number of halogens is 1. The highest BCUT2D eigenvalue weighted by atomic mass is 35.5. The van der Waals surface area contributed by atoms with E-state index in [9.17, 15) is 4.79 Å². The third-order valence-electron chi connectivity index (χ3n) is 7.48. The molecule has 0 bridgehead atoms. The third kappa shape index (κ3) is 6.74. The van der Waals surface area contributed by atoms with E-state index in [1.807, 2.05) is 45.0 Å². The van der Waals surface area contributed by atoms with Gasteiger partial charge in [-0.25, -0.2) is 9.78 Å². The van der Waals surface area contributed by atoms with E-state index in [0.717, 1.165) is 22.6 Å². The summed E-state index contributed by atoms with van der Waals surface area (Å²) >= 11 is 1.71. The van der Waals surface area contributed by atoms with Crippen molar-refractivity contribution in [1.82, 2.24) is 19.4 Å². The fourth-order valence-electron chi connectivity index (χ4n) is 5.22. The third-order valence-corrected chi connectivity index (χ3v) is 8.51. The molecule has 0 atom stereocenters. The summed E-state index contributed by atoms with van der Waals surface area (Å²) < 4.78 is 8.79. The molecule has 1 saturated heterocycles. The highest BCUT2D eigenvalue weighted by Crippen LogP contribution is 2.31. The molecule has 10 heteroatoms. The number of carbonyl (C=O) groups is 1. The van der Waals surface area contributed by atoms with Crippen molar-refractivity contribution in [2.24, 2.45) is 0 Å². The van der Waals surface area contributed by atoms with Crippen LogP contribution < -0.4 is 10.6 Å². The van der Waals surface area contributed by atoms with Gasteiger partial charge in [0.25, 0.3) is 0 Å². The summed E-state index contributed by atoms with van der Waals surface area (Å²) in [5.41, 5.74) is 5.01. The predicted octanol–water partition coefficient (Wildman–Crippen LogP) is 7.99. The Bertz CT molecular complexity index is 1630. The topological polar surface area (TPSA) is 87.7 Å². The molecule has 0 aliphatic carbocycles. The molecule has 1 fully saturated rings. The van der Waals surface area contributed by atoms with Gasteiger partial charge in [0.15, 0.2) is 10.8 Å². The van der Waals surface area contributed by atoms with E-state index in [-0.39, 0.29) is 23.9 Å². The Balaban J connectivity index is 0.00000337. The van der Waals surface area contributed by atoms with Crippen molar-refractivity contribution in [2.75, 3.05) is 30.3 Å². The van der Waals surface area contributed by atoms with Gasteiger partial charge in [0.1, 0.15) is 5.76 Å². The molecule has 41 heavy (non-hydrogen) atoms. The maximum absolute atomic E-state index is 12.5. The number of amides is 2. The van der Waals surface area contributed by atoms with Crippen molar-refractivity contribution in [3.05, 3.63) is 66.1 Å². The fourth-order valence-corrected chi connectivity index (χ4v) is 6.21. The van der Waals surface area contributed by atoms with Gasteiger partial charge in [-0.1, -0.05) is 61.9 Å². The van der Waals surface area contributed by atoms with Crippen molar-refractivity contribution in [2.45, 2.75) is 58.3 Å². The van der Waals surface area contributed by atoms with Crippen molar-refractivity contribution in [1.29, 1.82) is 0 Å². The van der Waals surface area contributed by atoms with Gasteiger partial charge in [-0.3, -0.25) is 9.72 Å². The summed E-state index contributed by atoms with van der Waals surface area (Å²) in [6.45, 7) is 9.79. The molecule has 4 heterocycles. The number of carbonyl (C=O) groups excluding carboxylic acids is 1. The first kappa shape index (κ1) is 29.1. The van der Waals surface area contributed by atoms with E-state index in [1.165, 1.54) is 61.1 Å². The lowest BCUT2D eigenvalue weighted by Gasteiger charge is -2.26. The van der Waals surface area contributed by atoms with Crippen LogP contribution in [0.25, 0.3) is 26.4 Å². The second kappa shape index (κ2) is 12.2. The number of aromatic nitrogens is 3. The van der Waals surface area contributed by atoms with E-state index >= 15 is 0 Å². The summed E-state index contributed by atoms with van der Waals surface area (Å²) in [7, 11) is 0. The average Bonchev–Trinajstić information content (AvgIpc) is 3.65. The summed E-state index contributed by atoms with van der Waals surface area (Å²) in [5.74, 6) is 1.10. The van der Waals surface area contributed by atoms with Gasteiger partial charge in [-0.2, -0.15) is 0 Å². The standard InChI is InChI=1S/C31H36N6O2S.ClH/c1-31(2,3)27-19-28(35-39-27)34-29(38)32-23-12-10-22(11-13-23)24-20-37-25-18-21(9-14-26(25)40-30(37)33-24)8-7-17-36-15-5-4-6-16-36;/h9-14,18-20H,4-8,15-17H2,1-3H3,(H2,32,34,35,38);1H. The monoisotopic (exact) mass is 592 g/mol. The number of aryl methyl sites for hydroxylation is 1. The lowest BCUT2D eigenvalue weighted by molar-refractivity contribution is 0.226. The number of fused-ring (bicyclic) bond motifs is 3. The summed E-state index contributed by atoms with van der Waals surface area (Å²) in [5, 5.41) is 9.51. The first-order valence-corrected chi connectivity index (χ1v) is 14.9. The Morgan fingerprint density at radius 3 is 2.54 bits per heavy atom. The van der Waals surface area contributed by atoms with Crippen molar-refractivity contribution in [3.63, 3.8) is 0 Å². The Morgan fingerprint density at radius 2 is 1.80 bits per heavy atom. The number of hydrogen-bond donors (Lipinski definition) is 2. The van der Waals surface area contributed by atoms with Crippen LogP contribution in [-0.4, -0.2) is 45.1 Å². The number of thiazole rings is 1. The fraction of sp³-hybridized carbons (Fsp3) is 0.387. The zero-order valence-corrected chi connectivity index (χ0v) is 25.4. The highest BCUT2D eigenvalue weighted by Gasteiger charge is 2.20. The smallest absolute Gasteiger partial charge is 0.324 e. The molecule has 1 aliphatic heterocycles. The molecular weight excluding hydrogens is 556 g/mol. The van der Waals surface area contributed by atoms with Crippen LogP contribution in [0.4, 0.5) is 16.3 Å². The first-order chi connectivity index (χ1) is 19.3. The number of piperidine rings is 1. The minimum atomic E-state index is -0.373. The lowest BCUT2D eigenvalue weighted by Crippen LogP contribution is -2.30. The van der Waals surface area contributed by atoms with Gasteiger partial charge in [-0.15, -0.1) is 12.4 Å². The number of nitrogens with one attached hydrogen (secondary N) is 2. The zero-order chi connectivity index (χ0) is 27.7. The van der Waals surface area contributed by atoms with Crippen LogP contribution in [0, 0.1) is 0 Å². The maximum atomic E-state index is 12.5. The predicted molar refractivity (Wildman–Crippen MR) is 170 cm³/mol. The van der Waals surface area contributed by atoms with Crippen LogP contribution in [0.1, 0.15) is 57.8 Å². The largest absolute Gasteiger partial charge is 0.359 e. The number of urea groups is 1. The maximum Gasteiger partial charge on any atom is 0.324 e. The molecule has 0 radical (unpaired) electrons. The van der Waals surface area contributed by atoms with Gasteiger partial charge in [0, 0.05) is 28.9 Å². The number of rotatable bonds is 7. The first-order valence-electron chi connectivity index (χ1n) is 14.1. The van der Waals surface area contributed by atoms with E-state index < -0.39 is 0 Å². The van der Waals surface area contributed by atoms with Gasteiger partial charge in [-0.05, 0) is 75.1 Å². The lowest BCUT2D eigenvalue weighted by atomic mass is 9.93. The molecule has 6 rings (SSSR count). The molecule has 1 aliphatic rings. The molecule has 2 amide bonds. The van der Waals surface area contributed by atoms with Crippen LogP contribution in [0.15, 0.2) is 59.3 Å². The molecule has 5 aromatic rings. The van der Waals surface area contributed by atoms with Crippen molar-refractivity contribution >= 4 is 56.5 Å². The molecule has 3 aromatic heterocycles. The van der Waals surface area contributed by atoms with Gasteiger partial charge in [0.05, 0.1) is 15.9 Å². The van der Waals surface area contributed by atoms with Gasteiger partial charge < -0.3 is 14.7 Å².